The van der Waals surface area contributed by atoms with Gasteiger partial charge in [0, 0.05) is 29.8 Å². The molecule has 1 aromatic rings. The molecule has 0 aromatic heterocycles. The number of unbranched alkanes of at least 4 members (excludes halogenated alkanes) is 4. The standard InChI is InChI=1S/C20H29NO5/c1-3-5-7-8-10-16(9-6-4-2)20(24)21-17-11-18(25-14-22)13-19(12-17)26-15-23/h11-16H,3-10H2,1-2H3,(H,21,24). The first-order chi connectivity index (χ1) is 12.6. The van der Waals surface area contributed by atoms with Gasteiger partial charge in [-0.3, -0.25) is 14.4 Å². The van der Waals surface area contributed by atoms with E-state index in [1.165, 1.54) is 24.6 Å². The van der Waals surface area contributed by atoms with Crippen molar-refractivity contribution in [1.29, 1.82) is 0 Å². The maximum absolute atomic E-state index is 12.7. The van der Waals surface area contributed by atoms with Gasteiger partial charge in [-0.25, -0.2) is 0 Å². The van der Waals surface area contributed by atoms with Crippen molar-refractivity contribution in [3.8, 4) is 11.5 Å². The molecular formula is C20H29NO5. The lowest BCUT2D eigenvalue weighted by Gasteiger charge is -2.17. The zero-order valence-electron chi connectivity index (χ0n) is 15.7. The van der Waals surface area contributed by atoms with Crippen molar-refractivity contribution in [3.05, 3.63) is 18.2 Å². The molecule has 0 radical (unpaired) electrons. The molecule has 0 aliphatic rings. The second kappa shape index (κ2) is 12.9. The van der Waals surface area contributed by atoms with E-state index in [0.29, 0.717) is 5.69 Å². The summed E-state index contributed by atoms with van der Waals surface area (Å²) in [5.74, 6) is 0.276. The van der Waals surface area contributed by atoms with Gasteiger partial charge in [0.05, 0.1) is 0 Å². The normalized spacial score (nSPS) is 11.5. The SMILES string of the molecule is CCCCCCC(CCCC)C(=O)Nc1cc(OC=O)cc(OC=O)c1. The van der Waals surface area contributed by atoms with Gasteiger partial charge < -0.3 is 14.8 Å². The van der Waals surface area contributed by atoms with Crippen molar-refractivity contribution in [2.45, 2.75) is 65.2 Å². The van der Waals surface area contributed by atoms with Gasteiger partial charge >= 0.3 is 0 Å². The number of anilines is 1. The lowest BCUT2D eigenvalue weighted by atomic mass is 9.94. The number of carbonyl (C=O) groups is 3. The summed E-state index contributed by atoms with van der Waals surface area (Å²) in [4.78, 5) is 33.8. The Labute approximate surface area is 155 Å². The summed E-state index contributed by atoms with van der Waals surface area (Å²) in [7, 11) is 0. The highest BCUT2D eigenvalue weighted by molar-refractivity contribution is 5.93. The summed E-state index contributed by atoms with van der Waals surface area (Å²) in [5, 5.41) is 2.86. The van der Waals surface area contributed by atoms with Crippen LogP contribution in [0.5, 0.6) is 11.5 Å². The van der Waals surface area contributed by atoms with Crippen LogP contribution < -0.4 is 14.8 Å². The minimum atomic E-state index is -0.0599. The first-order valence-corrected chi connectivity index (χ1v) is 9.31. The Morgan fingerprint density at radius 3 is 2.04 bits per heavy atom. The van der Waals surface area contributed by atoms with Gasteiger partial charge in [-0.05, 0) is 12.8 Å². The average Bonchev–Trinajstić information content (AvgIpc) is 2.61. The summed E-state index contributed by atoms with van der Waals surface area (Å²) in [5.41, 5.74) is 0.432. The van der Waals surface area contributed by atoms with E-state index < -0.39 is 0 Å². The van der Waals surface area contributed by atoms with Crippen molar-refractivity contribution in [3.63, 3.8) is 0 Å². The molecule has 1 amide bonds. The molecule has 0 saturated carbocycles. The second-order valence-corrected chi connectivity index (χ2v) is 6.30. The van der Waals surface area contributed by atoms with Crippen molar-refractivity contribution in [1.82, 2.24) is 0 Å². The molecule has 144 valence electrons. The molecule has 26 heavy (non-hydrogen) atoms. The maximum atomic E-state index is 12.7. The molecule has 1 unspecified atom stereocenters. The number of hydrogen-bond acceptors (Lipinski definition) is 5. The number of carbonyl (C=O) groups excluding carboxylic acids is 3. The molecule has 6 heteroatoms. The number of benzene rings is 1. The molecule has 0 saturated heterocycles. The Morgan fingerprint density at radius 2 is 1.50 bits per heavy atom. The Hall–Kier alpha value is -2.37. The van der Waals surface area contributed by atoms with E-state index >= 15 is 0 Å². The third-order valence-electron chi connectivity index (χ3n) is 4.20. The minimum Gasteiger partial charge on any atom is -0.429 e. The van der Waals surface area contributed by atoms with E-state index in [4.69, 9.17) is 9.47 Å². The van der Waals surface area contributed by atoms with Crippen molar-refractivity contribution < 1.29 is 23.9 Å². The quantitative estimate of drug-likeness (QED) is 0.389. The maximum Gasteiger partial charge on any atom is 0.298 e. The highest BCUT2D eigenvalue weighted by atomic mass is 16.5. The van der Waals surface area contributed by atoms with Gasteiger partial charge in [0.1, 0.15) is 11.5 Å². The van der Waals surface area contributed by atoms with E-state index in [1.807, 2.05) is 0 Å². The van der Waals surface area contributed by atoms with Gasteiger partial charge in [-0.2, -0.15) is 0 Å². The molecule has 0 fully saturated rings. The van der Waals surface area contributed by atoms with E-state index in [2.05, 4.69) is 19.2 Å². The molecule has 1 N–H and O–H groups in total. The van der Waals surface area contributed by atoms with E-state index in [9.17, 15) is 14.4 Å². The van der Waals surface area contributed by atoms with Crippen molar-refractivity contribution in [2.24, 2.45) is 5.92 Å². The summed E-state index contributed by atoms with van der Waals surface area (Å²) in [6.45, 7) is 4.83. The third kappa shape index (κ3) is 8.14. The molecule has 0 spiro atoms. The van der Waals surface area contributed by atoms with E-state index in [1.54, 1.807) is 0 Å². The summed E-state index contributed by atoms with van der Waals surface area (Å²) >= 11 is 0. The van der Waals surface area contributed by atoms with Crippen molar-refractivity contribution >= 4 is 24.5 Å². The fourth-order valence-corrected chi connectivity index (χ4v) is 2.81. The zero-order chi connectivity index (χ0) is 19.2. The van der Waals surface area contributed by atoms with Crippen LogP contribution in [0, 0.1) is 5.92 Å². The van der Waals surface area contributed by atoms with Crippen LogP contribution in [0.15, 0.2) is 18.2 Å². The molecule has 0 heterocycles. The van der Waals surface area contributed by atoms with Gasteiger partial charge in [-0.1, -0.05) is 52.4 Å². The molecule has 0 aliphatic carbocycles. The smallest absolute Gasteiger partial charge is 0.298 e. The van der Waals surface area contributed by atoms with E-state index in [0.717, 1.165) is 44.9 Å². The molecule has 0 aliphatic heterocycles. The monoisotopic (exact) mass is 363 g/mol. The topological polar surface area (TPSA) is 81.7 Å². The van der Waals surface area contributed by atoms with Crippen LogP contribution in [-0.2, 0) is 14.4 Å². The fourth-order valence-electron chi connectivity index (χ4n) is 2.81. The van der Waals surface area contributed by atoms with Crippen molar-refractivity contribution in [2.75, 3.05) is 5.32 Å². The fraction of sp³-hybridized carbons (Fsp3) is 0.550. The number of ether oxygens (including phenoxy) is 2. The van der Waals surface area contributed by atoms with Gasteiger partial charge in [0.2, 0.25) is 5.91 Å². The summed E-state index contributed by atoms with van der Waals surface area (Å²) < 4.78 is 9.61. The van der Waals surface area contributed by atoms with Crippen LogP contribution >= 0.6 is 0 Å². The Balaban J connectivity index is 2.81. The third-order valence-corrected chi connectivity index (χ3v) is 4.20. The lowest BCUT2D eigenvalue weighted by molar-refractivity contribution is -0.121. The highest BCUT2D eigenvalue weighted by Gasteiger charge is 2.18. The average molecular weight is 363 g/mol. The van der Waals surface area contributed by atoms with Gasteiger partial charge in [0.15, 0.2) is 0 Å². The van der Waals surface area contributed by atoms with Gasteiger partial charge in [0.25, 0.3) is 12.9 Å². The Bertz CT molecular complexity index is 545. The largest absolute Gasteiger partial charge is 0.429 e. The molecule has 1 rings (SSSR count). The van der Waals surface area contributed by atoms with Crippen LogP contribution in [0.4, 0.5) is 5.69 Å². The van der Waals surface area contributed by atoms with Crippen LogP contribution in [-0.4, -0.2) is 18.9 Å². The van der Waals surface area contributed by atoms with Crippen LogP contribution in [0.25, 0.3) is 0 Å². The Kier molecular flexibility index (Phi) is 10.8. The molecule has 1 atom stereocenters. The Morgan fingerprint density at radius 1 is 0.923 bits per heavy atom. The highest BCUT2D eigenvalue weighted by Crippen LogP contribution is 2.27. The second-order valence-electron chi connectivity index (χ2n) is 6.30. The van der Waals surface area contributed by atoms with E-state index in [-0.39, 0.29) is 36.3 Å². The number of rotatable bonds is 14. The molecule has 1 aromatic carbocycles. The predicted octanol–water partition coefficient (Wildman–Crippen LogP) is 4.47. The molecule has 6 nitrogen and oxygen atoms in total. The predicted molar refractivity (Wildman–Crippen MR) is 100 cm³/mol. The van der Waals surface area contributed by atoms with Gasteiger partial charge in [-0.15, -0.1) is 0 Å². The van der Waals surface area contributed by atoms with Crippen LogP contribution in [0.2, 0.25) is 0 Å². The number of nitrogens with one attached hydrogen (secondary N) is 1. The zero-order valence-corrected chi connectivity index (χ0v) is 15.7. The van der Waals surface area contributed by atoms with Crippen LogP contribution in [0.1, 0.15) is 65.2 Å². The van der Waals surface area contributed by atoms with Crippen LogP contribution in [0.3, 0.4) is 0 Å². The first-order valence-electron chi connectivity index (χ1n) is 9.31. The summed E-state index contributed by atoms with van der Waals surface area (Å²) in [6, 6.07) is 4.45. The summed E-state index contributed by atoms with van der Waals surface area (Å²) in [6.07, 6.45) is 8.24. The lowest BCUT2D eigenvalue weighted by Crippen LogP contribution is -2.23. The first kappa shape index (κ1) is 21.7. The number of amides is 1. The number of hydrogen-bond donors (Lipinski definition) is 1. The minimum absolute atomic E-state index is 0.0575. The molecule has 0 bridgehead atoms. The molecular weight excluding hydrogens is 334 g/mol.